The van der Waals surface area contributed by atoms with Gasteiger partial charge in [-0.3, -0.25) is 4.79 Å². The van der Waals surface area contributed by atoms with Gasteiger partial charge in [0, 0.05) is 25.5 Å². The van der Waals surface area contributed by atoms with E-state index in [1.54, 1.807) is 18.7 Å². The summed E-state index contributed by atoms with van der Waals surface area (Å²) in [7, 11) is -4.04. The molecule has 34 heavy (non-hydrogen) atoms. The van der Waals surface area contributed by atoms with Crippen molar-refractivity contribution in [3.63, 3.8) is 0 Å². The molecule has 0 saturated carbocycles. The number of benzene rings is 1. The van der Waals surface area contributed by atoms with Gasteiger partial charge in [-0.2, -0.15) is 13.2 Å². The first-order chi connectivity index (χ1) is 15.9. The van der Waals surface area contributed by atoms with E-state index in [0.29, 0.717) is 37.7 Å². The zero-order valence-electron chi connectivity index (χ0n) is 18.9. The van der Waals surface area contributed by atoms with Gasteiger partial charge in [-0.05, 0) is 62.9 Å². The van der Waals surface area contributed by atoms with E-state index in [1.807, 2.05) is 35.0 Å². The number of imidazole rings is 1. The lowest BCUT2D eigenvalue weighted by Gasteiger charge is -2.40. The molecule has 0 unspecified atom stereocenters. The molecule has 3 heterocycles. The third kappa shape index (κ3) is 4.55. The average Bonchev–Trinajstić information content (AvgIpc) is 3.21. The van der Waals surface area contributed by atoms with Gasteiger partial charge in [-0.25, -0.2) is 13.4 Å². The summed E-state index contributed by atoms with van der Waals surface area (Å²) in [5.74, 6) is -0.383. The number of hydrogen-bond donors (Lipinski definition) is 0. The molecular formula is C24H26F3N3O3S. The van der Waals surface area contributed by atoms with Gasteiger partial charge in [0.2, 0.25) is 5.91 Å². The molecule has 182 valence electrons. The number of pyridine rings is 1. The second kappa shape index (κ2) is 8.72. The molecule has 0 bridgehead atoms. The minimum absolute atomic E-state index is 0.0830. The van der Waals surface area contributed by atoms with E-state index >= 15 is 0 Å². The Kier molecular flexibility index (Phi) is 6.22. The number of rotatable bonds is 5. The fraction of sp³-hybridized carbons (Fsp3) is 0.417. The first kappa shape index (κ1) is 24.3. The maximum atomic E-state index is 13.3. The van der Waals surface area contributed by atoms with Crippen molar-refractivity contribution < 1.29 is 26.4 Å². The molecule has 10 heteroatoms. The second-order valence-electron chi connectivity index (χ2n) is 9.16. The van der Waals surface area contributed by atoms with Crippen molar-refractivity contribution in [3.8, 4) is 0 Å². The third-order valence-corrected chi connectivity index (χ3v) is 9.33. The minimum Gasteiger partial charge on any atom is -0.342 e. The maximum Gasteiger partial charge on any atom is 0.416 e. The molecule has 0 aliphatic carbocycles. The predicted octanol–water partition coefficient (Wildman–Crippen LogP) is 4.39. The van der Waals surface area contributed by atoms with E-state index in [1.165, 1.54) is 6.07 Å². The summed E-state index contributed by atoms with van der Waals surface area (Å²) in [5.41, 5.74) is 0.424. The van der Waals surface area contributed by atoms with Crippen LogP contribution in [-0.2, 0) is 27.2 Å². The summed E-state index contributed by atoms with van der Waals surface area (Å²) >= 11 is 0. The number of fused-ring (bicyclic) bond motifs is 1. The summed E-state index contributed by atoms with van der Waals surface area (Å²) in [6, 6.07) is 9.48. The highest BCUT2D eigenvalue weighted by atomic mass is 32.2. The lowest BCUT2D eigenvalue weighted by Crippen LogP contribution is -2.48. The highest BCUT2D eigenvalue weighted by Crippen LogP contribution is 2.39. The Bertz CT molecular complexity index is 1270. The molecule has 1 aromatic carbocycles. The highest BCUT2D eigenvalue weighted by molar-refractivity contribution is 7.92. The van der Waals surface area contributed by atoms with Crippen LogP contribution in [-0.4, -0.2) is 46.4 Å². The molecule has 1 aliphatic heterocycles. The molecule has 1 amide bonds. The molecule has 0 radical (unpaired) electrons. The molecule has 4 rings (SSSR count). The van der Waals surface area contributed by atoms with E-state index in [0.717, 1.165) is 17.8 Å². The number of hydrogen-bond acceptors (Lipinski definition) is 4. The van der Waals surface area contributed by atoms with Crippen LogP contribution in [0.5, 0.6) is 0 Å². The summed E-state index contributed by atoms with van der Waals surface area (Å²) in [5, 5.41) is 0. The van der Waals surface area contributed by atoms with E-state index in [9.17, 15) is 26.4 Å². The van der Waals surface area contributed by atoms with Gasteiger partial charge < -0.3 is 9.30 Å². The molecule has 0 spiro atoms. The molecule has 6 nitrogen and oxygen atoms in total. The Labute approximate surface area is 196 Å². The standard InChI is InChI=1S/C24H26F3N3O3S/c1-23(2,34(32,33)20-7-5-6-18(14-20)24(25,26)27)17-9-12-29(13-10-17)22(31)15-19-16-30-11-4-3-8-21(30)28-19/h3-8,11,14,16-17H,9-10,12-13,15H2,1-2H3. The molecular weight excluding hydrogens is 467 g/mol. The Morgan fingerprint density at radius 2 is 1.79 bits per heavy atom. The first-order valence-corrected chi connectivity index (χ1v) is 12.5. The monoisotopic (exact) mass is 493 g/mol. The normalized spacial score (nSPS) is 16.2. The van der Waals surface area contributed by atoms with Gasteiger partial charge in [0.15, 0.2) is 9.84 Å². The van der Waals surface area contributed by atoms with Crippen LogP contribution in [0.3, 0.4) is 0 Å². The molecule has 1 fully saturated rings. The Hall–Kier alpha value is -2.88. The number of piperidine rings is 1. The summed E-state index contributed by atoms with van der Waals surface area (Å²) in [6.07, 6.45) is 0.0875. The number of amides is 1. The number of carbonyl (C=O) groups excluding carboxylic acids is 1. The molecule has 0 atom stereocenters. The minimum atomic E-state index is -4.62. The largest absolute Gasteiger partial charge is 0.416 e. The van der Waals surface area contributed by atoms with Gasteiger partial charge in [0.25, 0.3) is 0 Å². The molecule has 0 N–H and O–H groups in total. The van der Waals surface area contributed by atoms with Crippen molar-refractivity contribution in [1.82, 2.24) is 14.3 Å². The number of alkyl halides is 3. The van der Waals surface area contributed by atoms with Crippen LogP contribution in [0.2, 0.25) is 0 Å². The first-order valence-electron chi connectivity index (χ1n) is 11.0. The average molecular weight is 494 g/mol. The summed E-state index contributed by atoms with van der Waals surface area (Å²) < 4.78 is 66.5. The zero-order valence-corrected chi connectivity index (χ0v) is 19.7. The Morgan fingerprint density at radius 3 is 2.44 bits per heavy atom. The number of aromatic nitrogens is 2. The van der Waals surface area contributed by atoms with Crippen LogP contribution in [0.25, 0.3) is 5.65 Å². The van der Waals surface area contributed by atoms with Crippen LogP contribution < -0.4 is 0 Å². The quantitative estimate of drug-likeness (QED) is 0.529. The Morgan fingerprint density at radius 1 is 1.09 bits per heavy atom. The summed E-state index contributed by atoms with van der Waals surface area (Å²) in [4.78, 5) is 18.6. The molecule has 1 saturated heterocycles. The number of carbonyl (C=O) groups is 1. The smallest absolute Gasteiger partial charge is 0.342 e. The second-order valence-corrected chi connectivity index (χ2v) is 11.7. The zero-order chi connectivity index (χ0) is 24.7. The number of halogens is 3. The molecule has 3 aromatic rings. The van der Waals surface area contributed by atoms with Crippen molar-refractivity contribution in [1.29, 1.82) is 0 Å². The van der Waals surface area contributed by atoms with Gasteiger partial charge in [-0.15, -0.1) is 0 Å². The predicted molar refractivity (Wildman–Crippen MR) is 121 cm³/mol. The number of nitrogens with zero attached hydrogens (tertiary/aromatic N) is 3. The Balaban J connectivity index is 1.43. The van der Waals surface area contributed by atoms with Crippen molar-refractivity contribution in [2.45, 2.75) is 48.9 Å². The van der Waals surface area contributed by atoms with Crippen molar-refractivity contribution in [2.24, 2.45) is 5.92 Å². The maximum absolute atomic E-state index is 13.3. The topological polar surface area (TPSA) is 71.8 Å². The van der Waals surface area contributed by atoms with Crippen LogP contribution in [0, 0.1) is 5.92 Å². The fourth-order valence-electron chi connectivity index (χ4n) is 4.53. The molecule has 1 aliphatic rings. The third-order valence-electron chi connectivity index (χ3n) is 6.74. The van der Waals surface area contributed by atoms with Crippen molar-refractivity contribution in [3.05, 3.63) is 66.1 Å². The van der Waals surface area contributed by atoms with Gasteiger partial charge in [0.05, 0.1) is 27.3 Å². The number of likely N-dealkylation sites (tertiary alicyclic amines) is 1. The number of sulfone groups is 1. The summed E-state index contributed by atoms with van der Waals surface area (Å²) in [6.45, 7) is 3.89. The van der Waals surface area contributed by atoms with Gasteiger partial charge in [-0.1, -0.05) is 12.1 Å². The lowest BCUT2D eigenvalue weighted by atomic mass is 9.85. The highest BCUT2D eigenvalue weighted by Gasteiger charge is 2.45. The van der Waals surface area contributed by atoms with Crippen LogP contribution in [0.15, 0.2) is 59.8 Å². The van der Waals surface area contributed by atoms with Crippen molar-refractivity contribution >= 4 is 21.4 Å². The van der Waals surface area contributed by atoms with Crippen LogP contribution >= 0.6 is 0 Å². The molecule has 2 aromatic heterocycles. The van der Waals surface area contributed by atoms with E-state index in [-0.39, 0.29) is 23.1 Å². The van der Waals surface area contributed by atoms with Crippen molar-refractivity contribution in [2.75, 3.05) is 13.1 Å². The SMILES string of the molecule is CC(C)(C1CCN(C(=O)Cc2cn3ccccc3n2)CC1)S(=O)(=O)c1cccc(C(F)(F)F)c1. The van der Waals surface area contributed by atoms with Crippen LogP contribution in [0.1, 0.15) is 37.9 Å². The fourth-order valence-corrected chi connectivity index (χ4v) is 6.35. The van der Waals surface area contributed by atoms with Gasteiger partial charge >= 0.3 is 6.18 Å². The van der Waals surface area contributed by atoms with Gasteiger partial charge in [0.1, 0.15) is 5.65 Å². The van der Waals surface area contributed by atoms with Crippen LogP contribution in [0.4, 0.5) is 13.2 Å². The van der Waals surface area contributed by atoms with E-state index in [2.05, 4.69) is 4.98 Å². The van der Waals surface area contributed by atoms with E-state index < -0.39 is 26.3 Å². The van der Waals surface area contributed by atoms with E-state index in [4.69, 9.17) is 0 Å². The lowest BCUT2D eigenvalue weighted by molar-refractivity contribution is -0.137.